The molecule has 3 atom stereocenters. The number of piperidine rings is 1. The van der Waals surface area contributed by atoms with Gasteiger partial charge in [0.1, 0.15) is 5.60 Å². The minimum atomic E-state index is -0.858. The molecule has 0 radical (unpaired) electrons. The molecular weight excluding hydrogens is 260 g/mol. The van der Waals surface area contributed by atoms with Crippen LogP contribution in [0.2, 0.25) is 0 Å². The Labute approximate surface area is 128 Å². The van der Waals surface area contributed by atoms with Gasteiger partial charge >= 0.3 is 0 Å². The molecule has 3 nitrogen and oxygen atoms in total. The third kappa shape index (κ3) is 3.78. The smallest absolute Gasteiger partial charge is 0.130 e. The summed E-state index contributed by atoms with van der Waals surface area (Å²) in [5.74, 6) is 6.48. The first-order chi connectivity index (χ1) is 9.92. The van der Waals surface area contributed by atoms with E-state index in [1.807, 2.05) is 25.2 Å². The summed E-state index contributed by atoms with van der Waals surface area (Å²) in [4.78, 5) is 4.39. The largest absolute Gasteiger partial charge is 0.377 e. The molecule has 1 aliphatic heterocycles. The van der Waals surface area contributed by atoms with Gasteiger partial charge in [0, 0.05) is 37.7 Å². The van der Waals surface area contributed by atoms with Crippen molar-refractivity contribution in [2.24, 2.45) is 5.92 Å². The lowest BCUT2D eigenvalue weighted by Crippen LogP contribution is -2.52. The Morgan fingerprint density at radius 1 is 1.33 bits per heavy atom. The number of para-hydroxylation sites is 1. The molecule has 1 aromatic rings. The van der Waals surface area contributed by atoms with Crippen LogP contribution in [-0.4, -0.2) is 48.8 Å². The Morgan fingerprint density at radius 2 is 2.00 bits per heavy atom. The van der Waals surface area contributed by atoms with E-state index >= 15 is 0 Å². The number of rotatable bonds is 2. The second kappa shape index (κ2) is 6.51. The summed E-state index contributed by atoms with van der Waals surface area (Å²) in [6.45, 7) is 5.75. The predicted molar refractivity (Wildman–Crippen MR) is 88.3 cm³/mol. The Balaban J connectivity index is 2.01. The van der Waals surface area contributed by atoms with Crippen LogP contribution in [0.1, 0.15) is 20.3 Å². The molecule has 1 aliphatic rings. The number of benzene rings is 1. The van der Waals surface area contributed by atoms with Gasteiger partial charge in [-0.1, -0.05) is 37.0 Å². The van der Waals surface area contributed by atoms with E-state index < -0.39 is 5.60 Å². The summed E-state index contributed by atoms with van der Waals surface area (Å²) in [6, 6.07) is 10.6. The lowest BCUT2D eigenvalue weighted by atomic mass is 9.79. The molecule has 2 rings (SSSR count). The average molecular weight is 286 g/mol. The third-order valence-corrected chi connectivity index (χ3v) is 4.55. The lowest BCUT2D eigenvalue weighted by molar-refractivity contribution is -0.0347. The molecule has 3 heteroatoms. The topological polar surface area (TPSA) is 26.7 Å². The fourth-order valence-corrected chi connectivity index (χ4v) is 2.83. The van der Waals surface area contributed by atoms with Gasteiger partial charge in [0.25, 0.3) is 0 Å². The van der Waals surface area contributed by atoms with E-state index in [2.05, 4.69) is 54.7 Å². The van der Waals surface area contributed by atoms with Crippen LogP contribution in [0.15, 0.2) is 30.3 Å². The van der Waals surface area contributed by atoms with Crippen LogP contribution in [0.4, 0.5) is 5.69 Å². The molecule has 114 valence electrons. The van der Waals surface area contributed by atoms with Crippen molar-refractivity contribution in [1.29, 1.82) is 0 Å². The average Bonchev–Trinajstić information content (AvgIpc) is 2.46. The maximum Gasteiger partial charge on any atom is 0.130 e. The van der Waals surface area contributed by atoms with Crippen molar-refractivity contribution in [2.45, 2.75) is 31.9 Å². The van der Waals surface area contributed by atoms with Gasteiger partial charge in [0.2, 0.25) is 0 Å². The molecule has 0 spiro atoms. The van der Waals surface area contributed by atoms with Crippen LogP contribution in [0.5, 0.6) is 0 Å². The summed E-state index contributed by atoms with van der Waals surface area (Å²) in [5.41, 5.74) is 0.285. The van der Waals surface area contributed by atoms with Gasteiger partial charge in [-0.15, -0.1) is 0 Å². The van der Waals surface area contributed by atoms with Gasteiger partial charge in [-0.25, -0.2) is 0 Å². The molecular formula is C18H26N2O. The molecule has 1 aromatic carbocycles. The highest BCUT2D eigenvalue weighted by Crippen LogP contribution is 2.30. The first kappa shape index (κ1) is 15.9. The van der Waals surface area contributed by atoms with E-state index in [0.717, 1.165) is 12.2 Å². The SMILES string of the molecule is C[C@@H]1C[C@](O)(C#CCN(C)c2ccccc2)[C@@H](C)CN1C. The Kier molecular flexibility index (Phi) is 4.92. The monoisotopic (exact) mass is 286 g/mol. The number of hydrogen-bond acceptors (Lipinski definition) is 3. The summed E-state index contributed by atoms with van der Waals surface area (Å²) in [5, 5.41) is 10.8. The van der Waals surface area contributed by atoms with Gasteiger partial charge in [-0.05, 0) is 26.1 Å². The fourth-order valence-electron chi connectivity index (χ4n) is 2.83. The molecule has 0 amide bonds. The summed E-state index contributed by atoms with van der Waals surface area (Å²) < 4.78 is 0. The molecule has 1 saturated heterocycles. The number of anilines is 1. The zero-order valence-electron chi connectivity index (χ0n) is 13.5. The quantitative estimate of drug-likeness (QED) is 0.845. The van der Waals surface area contributed by atoms with E-state index in [9.17, 15) is 5.11 Å². The van der Waals surface area contributed by atoms with E-state index in [0.29, 0.717) is 19.0 Å². The van der Waals surface area contributed by atoms with Gasteiger partial charge in [0.15, 0.2) is 0 Å². The highest BCUT2D eigenvalue weighted by atomic mass is 16.3. The number of nitrogens with zero attached hydrogens (tertiary/aromatic N) is 2. The van der Waals surface area contributed by atoms with Gasteiger partial charge in [0.05, 0.1) is 6.54 Å². The van der Waals surface area contributed by atoms with Crippen LogP contribution in [0.25, 0.3) is 0 Å². The molecule has 21 heavy (non-hydrogen) atoms. The molecule has 1 N–H and O–H groups in total. The molecule has 0 unspecified atom stereocenters. The standard InChI is InChI=1S/C18H26N2O/c1-15-14-20(4)16(2)13-18(15,21)11-8-12-19(3)17-9-6-5-7-10-17/h5-7,9-10,15-16,21H,12-14H2,1-4H3/t15-,16+,18+/m0/s1. The van der Waals surface area contributed by atoms with Crippen LogP contribution in [-0.2, 0) is 0 Å². The fraction of sp³-hybridized carbons (Fsp3) is 0.556. The summed E-state index contributed by atoms with van der Waals surface area (Å²) >= 11 is 0. The molecule has 1 fully saturated rings. The maximum atomic E-state index is 10.8. The van der Waals surface area contributed by atoms with E-state index in [1.165, 1.54) is 0 Å². The minimum absolute atomic E-state index is 0.174. The van der Waals surface area contributed by atoms with Crippen molar-refractivity contribution in [3.8, 4) is 11.8 Å². The van der Waals surface area contributed by atoms with E-state index in [4.69, 9.17) is 0 Å². The Hall–Kier alpha value is -1.50. The molecule has 0 saturated carbocycles. The van der Waals surface area contributed by atoms with Crippen molar-refractivity contribution in [2.75, 3.05) is 32.1 Å². The molecule has 1 heterocycles. The maximum absolute atomic E-state index is 10.8. The summed E-state index contributed by atoms with van der Waals surface area (Å²) in [6.07, 6.45) is 0.715. The third-order valence-electron chi connectivity index (χ3n) is 4.55. The van der Waals surface area contributed by atoms with Crippen LogP contribution < -0.4 is 4.90 Å². The number of aliphatic hydroxyl groups is 1. The van der Waals surface area contributed by atoms with Gasteiger partial charge in [-0.2, -0.15) is 0 Å². The highest BCUT2D eigenvalue weighted by Gasteiger charge is 2.39. The highest BCUT2D eigenvalue weighted by molar-refractivity contribution is 5.46. The Morgan fingerprint density at radius 3 is 2.67 bits per heavy atom. The number of likely N-dealkylation sites (tertiary alicyclic amines) is 1. The second-order valence-corrected chi connectivity index (χ2v) is 6.31. The second-order valence-electron chi connectivity index (χ2n) is 6.31. The van der Waals surface area contributed by atoms with Crippen molar-refractivity contribution in [3.05, 3.63) is 30.3 Å². The van der Waals surface area contributed by atoms with Crippen molar-refractivity contribution in [3.63, 3.8) is 0 Å². The zero-order valence-corrected chi connectivity index (χ0v) is 13.5. The predicted octanol–water partition coefficient (Wildman–Crippen LogP) is 2.22. The normalized spacial score (nSPS) is 29.6. The van der Waals surface area contributed by atoms with Gasteiger partial charge < -0.3 is 14.9 Å². The first-order valence-corrected chi connectivity index (χ1v) is 7.61. The Bertz CT molecular complexity index is 519. The molecule has 0 aromatic heterocycles. The van der Waals surface area contributed by atoms with Crippen molar-refractivity contribution in [1.82, 2.24) is 4.90 Å². The minimum Gasteiger partial charge on any atom is -0.377 e. The number of hydrogen-bond donors (Lipinski definition) is 1. The zero-order chi connectivity index (χ0) is 15.5. The van der Waals surface area contributed by atoms with Crippen molar-refractivity contribution >= 4 is 5.69 Å². The lowest BCUT2D eigenvalue weighted by Gasteiger charge is -2.42. The first-order valence-electron chi connectivity index (χ1n) is 7.61. The van der Waals surface area contributed by atoms with Crippen molar-refractivity contribution < 1.29 is 5.11 Å². The molecule has 0 aliphatic carbocycles. The van der Waals surface area contributed by atoms with Gasteiger partial charge in [-0.3, -0.25) is 0 Å². The molecule has 0 bridgehead atoms. The van der Waals surface area contributed by atoms with Crippen LogP contribution >= 0.6 is 0 Å². The van der Waals surface area contributed by atoms with E-state index in [1.54, 1.807) is 0 Å². The van der Waals surface area contributed by atoms with E-state index in [-0.39, 0.29) is 5.92 Å². The summed E-state index contributed by atoms with van der Waals surface area (Å²) in [7, 11) is 4.13. The van der Waals surface area contributed by atoms with Crippen LogP contribution in [0, 0.1) is 17.8 Å². The van der Waals surface area contributed by atoms with Crippen LogP contribution in [0.3, 0.4) is 0 Å².